The quantitative estimate of drug-likeness (QED) is 0.573. The van der Waals surface area contributed by atoms with Crippen LogP contribution < -0.4 is 10.3 Å². The minimum Gasteiger partial charge on any atom is -0.507 e. The van der Waals surface area contributed by atoms with Crippen molar-refractivity contribution < 1.29 is 18.8 Å². The SMILES string of the molecule is C[NH+](Cc1ccccc1)Cc1c(O)ccc2oc(-c3ccco3)cc(=O)c12. The second-order valence-electron chi connectivity index (χ2n) is 6.68. The Morgan fingerprint density at radius 2 is 1.78 bits per heavy atom. The van der Waals surface area contributed by atoms with Crippen molar-refractivity contribution >= 4 is 11.0 Å². The molecule has 2 N–H and O–H groups in total. The van der Waals surface area contributed by atoms with Crippen LogP contribution >= 0.6 is 0 Å². The number of furan rings is 1. The van der Waals surface area contributed by atoms with Gasteiger partial charge in [-0.2, -0.15) is 0 Å². The summed E-state index contributed by atoms with van der Waals surface area (Å²) in [6.45, 7) is 1.29. The zero-order valence-corrected chi connectivity index (χ0v) is 14.9. The molecule has 0 bridgehead atoms. The molecule has 1 atom stereocenters. The first-order chi connectivity index (χ1) is 13.1. The van der Waals surface area contributed by atoms with E-state index in [0.717, 1.165) is 11.4 Å². The van der Waals surface area contributed by atoms with Gasteiger partial charge in [0.2, 0.25) is 0 Å². The van der Waals surface area contributed by atoms with E-state index in [2.05, 4.69) is 12.1 Å². The molecule has 1 unspecified atom stereocenters. The lowest BCUT2D eigenvalue weighted by molar-refractivity contribution is -0.907. The number of nitrogens with one attached hydrogen (secondary N) is 1. The lowest BCUT2D eigenvalue weighted by atomic mass is 10.1. The first-order valence-corrected chi connectivity index (χ1v) is 8.79. The highest BCUT2D eigenvalue weighted by Crippen LogP contribution is 2.28. The molecule has 4 aromatic rings. The maximum Gasteiger partial charge on any atom is 0.194 e. The van der Waals surface area contributed by atoms with Crippen LogP contribution in [0.4, 0.5) is 0 Å². The minimum absolute atomic E-state index is 0.105. The summed E-state index contributed by atoms with van der Waals surface area (Å²) in [6, 6.07) is 18.2. The number of rotatable bonds is 5. The second kappa shape index (κ2) is 7.13. The summed E-state index contributed by atoms with van der Waals surface area (Å²) in [7, 11) is 2.03. The van der Waals surface area contributed by atoms with Gasteiger partial charge in [-0.05, 0) is 24.3 Å². The highest BCUT2D eigenvalue weighted by molar-refractivity contribution is 5.83. The molecule has 0 spiro atoms. The van der Waals surface area contributed by atoms with Gasteiger partial charge in [-0.15, -0.1) is 0 Å². The molecule has 2 heterocycles. The van der Waals surface area contributed by atoms with Gasteiger partial charge in [0.25, 0.3) is 0 Å². The van der Waals surface area contributed by atoms with Gasteiger partial charge < -0.3 is 18.8 Å². The zero-order chi connectivity index (χ0) is 18.8. The molecule has 0 saturated heterocycles. The Bertz CT molecular complexity index is 1110. The molecule has 27 heavy (non-hydrogen) atoms. The number of fused-ring (bicyclic) bond motifs is 1. The summed E-state index contributed by atoms with van der Waals surface area (Å²) >= 11 is 0. The molecule has 0 aliphatic rings. The average molecular weight is 362 g/mol. The third-order valence-corrected chi connectivity index (χ3v) is 4.57. The summed E-state index contributed by atoms with van der Waals surface area (Å²) in [4.78, 5) is 13.9. The monoisotopic (exact) mass is 362 g/mol. The van der Waals surface area contributed by atoms with Crippen LogP contribution in [0.3, 0.4) is 0 Å². The predicted molar refractivity (Wildman–Crippen MR) is 103 cm³/mol. The van der Waals surface area contributed by atoms with Gasteiger partial charge in [-0.25, -0.2) is 0 Å². The molecular weight excluding hydrogens is 342 g/mol. The largest absolute Gasteiger partial charge is 0.507 e. The summed E-state index contributed by atoms with van der Waals surface area (Å²) in [5, 5.41) is 10.8. The van der Waals surface area contributed by atoms with E-state index in [9.17, 15) is 9.90 Å². The van der Waals surface area contributed by atoms with Crippen molar-refractivity contribution in [1.29, 1.82) is 0 Å². The zero-order valence-electron chi connectivity index (χ0n) is 14.9. The van der Waals surface area contributed by atoms with Crippen molar-refractivity contribution in [3.05, 3.63) is 88.3 Å². The fourth-order valence-electron chi connectivity index (χ4n) is 3.34. The molecule has 0 amide bonds. The van der Waals surface area contributed by atoms with Crippen LogP contribution in [0.2, 0.25) is 0 Å². The van der Waals surface area contributed by atoms with Gasteiger partial charge in [0.15, 0.2) is 16.9 Å². The molecule has 0 saturated carbocycles. The third-order valence-electron chi connectivity index (χ3n) is 4.57. The van der Waals surface area contributed by atoms with E-state index in [4.69, 9.17) is 8.83 Å². The normalized spacial score (nSPS) is 12.3. The lowest BCUT2D eigenvalue weighted by Crippen LogP contribution is -3.06. The van der Waals surface area contributed by atoms with Gasteiger partial charge in [-0.3, -0.25) is 4.79 Å². The maximum absolute atomic E-state index is 12.8. The molecule has 0 aliphatic heterocycles. The van der Waals surface area contributed by atoms with Crippen LogP contribution in [0.25, 0.3) is 22.5 Å². The molecule has 0 aliphatic carbocycles. The Balaban J connectivity index is 1.72. The van der Waals surface area contributed by atoms with E-state index in [-0.39, 0.29) is 11.2 Å². The number of hydrogen-bond acceptors (Lipinski definition) is 4. The van der Waals surface area contributed by atoms with Crippen LogP contribution in [0, 0.1) is 0 Å². The molecule has 136 valence electrons. The molecular formula is C22H20NO4+. The number of quaternary nitrogens is 1. The van der Waals surface area contributed by atoms with E-state index in [1.807, 2.05) is 25.2 Å². The molecule has 4 rings (SSSR count). The average Bonchev–Trinajstić information content (AvgIpc) is 3.19. The standard InChI is InChI=1S/C22H19NO4/c1-23(13-15-6-3-2-4-7-15)14-16-17(24)9-10-20-22(16)18(25)12-21(27-20)19-8-5-11-26-19/h2-12,24H,13-14H2,1H3/p+1. The van der Waals surface area contributed by atoms with Gasteiger partial charge in [0.1, 0.15) is 24.4 Å². The molecule has 5 nitrogen and oxygen atoms in total. The van der Waals surface area contributed by atoms with Crippen molar-refractivity contribution in [3.8, 4) is 17.3 Å². The Morgan fingerprint density at radius 1 is 0.963 bits per heavy atom. The highest BCUT2D eigenvalue weighted by Gasteiger charge is 2.18. The minimum atomic E-state index is -0.193. The van der Waals surface area contributed by atoms with Gasteiger partial charge in [0.05, 0.1) is 24.3 Å². The Morgan fingerprint density at radius 3 is 2.52 bits per heavy atom. The first-order valence-electron chi connectivity index (χ1n) is 8.79. The molecule has 0 fully saturated rings. The Hall–Kier alpha value is -3.31. The van der Waals surface area contributed by atoms with Crippen molar-refractivity contribution in [2.24, 2.45) is 0 Å². The van der Waals surface area contributed by atoms with Crippen molar-refractivity contribution in [2.75, 3.05) is 7.05 Å². The number of aromatic hydroxyl groups is 1. The predicted octanol–water partition coefficient (Wildman–Crippen LogP) is 2.97. The smallest absolute Gasteiger partial charge is 0.194 e. The maximum atomic E-state index is 12.8. The number of benzene rings is 2. The van der Waals surface area contributed by atoms with Gasteiger partial charge in [-0.1, -0.05) is 30.3 Å². The van der Waals surface area contributed by atoms with Crippen molar-refractivity contribution in [1.82, 2.24) is 0 Å². The summed E-state index contributed by atoms with van der Waals surface area (Å²) in [5.41, 5.74) is 2.04. The van der Waals surface area contributed by atoms with E-state index >= 15 is 0 Å². The molecule has 0 radical (unpaired) electrons. The van der Waals surface area contributed by atoms with Crippen LogP contribution in [0.5, 0.6) is 5.75 Å². The van der Waals surface area contributed by atoms with Gasteiger partial charge in [0, 0.05) is 11.6 Å². The van der Waals surface area contributed by atoms with Crippen molar-refractivity contribution in [2.45, 2.75) is 13.1 Å². The third kappa shape index (κ3) is 3.50. The van der Waals surface area contributed by atoms with Crippen molar-refractivity contribution in [3.63, 3.8) is 0 Å². The Kier molecular flexibility index (Phi) is 4.52. The highest BCUT2D eigenvalue weighted by atomic mass is 16.4. The van der Waals surface area contributed by atoms with Crippen LogP contribution in [-0.4, -0.2) is 12.2 Å². The van der Waals surface area contributed by atoms with Crippen LogP contribution in [-0.2, 0) is 13.1 Å². The van der Waals surface area contributed by atoms with Gasteiger partial charge >= 0.3 is 0 Å². The number of hydrogen-bond donors (Lipinski definition) is 2. The fraction of sp³-hybridized carbons (Fsp3) is 0.136. The summed E-state index contributed by atoms with van der Waals surface area (Å²) in [6.07, 6.45) is 1.53. The number of phenolic OH excluding ortho intramolecular Hbond substituents is 1. The van der Waals surface area contributed by atoms with E-state index < -0.39 is 0 Å². The first kappa shape index (κ1) is 17.1. The Labute approximate surface area is 156 Å². The lowest BCUT2D eigenvalue weighted by Gasteiger charge is -2.16. The fourth-order valence-corrected chi connectivity index (χ4v) is 3.34. The van der Waals surface area contributed by atoms with E-state index in [0.29, 0.717) is 34.6 Å². The van der Waals surface area contributed by atoms with Crippen LogP contribution in [0.15, 0.2) is 80.6 Å². The second-order valence-corrected chi connectivity index (χ2v) is 6.68. The summed E-state index contributed by atoms with van der Waals surface area (Å²) in [5.74, 6) is 0.975. The summed E-state index contributed by atoms with van der Waals surface area (Å²) < 4.78 is 11.2. The van der Waals surface area contributed by atoms with E-state index in [1.165, 1.54) is 17.9 Å². The van der Waals surface area contributed by atoms with E-state index in [1.54, 1.807) is 24.3 Å². The number of phenols is 1. The van der Waals surface area contributed by atoms with Crippen LogP contribution in [0.1, 0.15) is 11.1 Å². The molecule has 2 aromatic heterocycles. The topological polar surface area (TPSA) is 68.0 Å². The molecule has 2 aromatic carbocycles. The molecule has 5 heteroatoms.